The maximum Gasteiger partial charge on any atom is 0.250 e. The molecule has 0 fully saturated rings. The number of hydrogen-bond acceptors (Lipinski definition) is 5. The van der Waals surface area contributed by atoms with Crippen molar-refractivity contribution in [3.05, 3.63) is 18.3 Å². The average Bonchev–Trinajstić information content (AvgIpc) is 2.31. The molecule has 100 valence electrons. The summed E-state index contributed by atoms with van der Waals surface area (Å²) in [5, 5.41) is 2.68. The van der Waals surface area contributed by atoms with Gasteiger partial charge in [0.25, 0.3) is 5.91 Å². The Morgan fingerprint density at radius 1 is 1.56 bits per heavy atom. The van der Waals surface area contributed by atoms with E-state index in [1.165, 1.54) is 0 Å². The number of amides is 1. The second-order valence-electron chi connectivity index (χ2n) is 3.91. The molecule has 1 amide bonds. The first-order chi connectivity index (χ1) is 8.63. The molecule has 0 aliphatic rings. The average molecular weight is 253 g/mol. The lowest BCUT2D eigenvalue weighted by atomic mass is 10.4. The molecule has 1 heterocycles. The predicted octanol–water partition coefficient (Wildman–Crippen LogP) is 0.783. The normalized spacial score (nSPS) is 10.4. The number of nitrogens with one attached hydrogen (secondary N) is 1. The van der Waals surface area contributed by atoms with Crippen LogP contribution in [-0.4, -0.2) is 36.8 Å². The molecule has 1 aromatic heterocycles. The van der Waals surface area contributed by atoms with Gasteiger partial charge in [0, 0.05) is 12.7 Å². The Balaban J connectivity index is 2.57. The number of ether oxygens (including phenoxy) is 2. The van der Waals surface area contributed by atoms with Gasteiger partial charge in [0.15, 0.2) is 0 Å². The Morgan fingerprint density at radius 3 is 3.00 bits per heavy atom. The van der Waals surface area contributed by atoms with Crippen LogP contribution in [0.15, 0.2) is 18.3 Å². The molecule has 0 aromatic carbocycles. The molecule has 1 rings (SSSR count). The van der Waals surface area contributed by atoms with E-state index in [0.29, 0.717) is 24.7 Å². The third kappa shape index (κ3) is 5.11. The topological polar surface area (TPSA) is 86.5 Å². The van der Waals surface area contributed by atoms with Crippen LogP contribution >= 0.6 is 0 Å². The molecular weight excluding hydrogens is 234 g/mol. The van der Waals surface area contributed by atoms with Crippen LogP contribution in [0.3, 0.4) is 0 Å². The molecular formula is C12H19N3O3. The third-order valence-corrected chi connectivity index (χ3v) is 1.89. The van der Waals surface area contributed by atoms with Crippen molar-refractivity contribution in [2.45, 2.75) is 20.0 Å². The number of hydrogen-bond donors (Lipinski definition) is 2. The molecule has 0 bridgehead atoms. The first-order valence-electron chi connectivity index (χ1n) is 5.82. The van der Waals surface area contributed by atoms with Gasteiger partial charge < -0.3 is 20.5 Å². The Labute approximate surface area is 106 Å². The highest BCUT2D eigenvalue weighted by Gasteiger charge is 2.09. The number of nitrogens with two attached hydrogens (primary N) is 1. The van der Waals surface area contributed by atoms with Gasteiger partial charge in [0.2, 0.25) is 5.88 Å². The van der Waals surface area contributed by atoms with Gasteiger partial charge >= 0.3 is 0 Å². The smallest absolute Gasteiger partial charge is 0.250 e. The Kier molecular flexibility index (Phi) is 6.10. The van der Waals surface area contributed by atoms with Crippen LogP contribution in [0.1, 0.15) is 13.8 Å². The lowest BCUT2D eigenvalue weighted by molar-refractivity contribution is -0.120. The van der Waals surface area contributed by atoms with Crippen molar-refractivity contribution in [3.63, 3.8) is 0 Å². The zero-order valence-corrected chi connectivity index (χ0v) is 10.7. The van der Waals surface area contributed by atoms with Crippen LogP contribution in [0.5, 0.6) is 5.88 Å². The molecule has 3 N–H and O–H groups in total. The van der Waals surface area contributed by atoms with E-state index in [4.69, 9.17) is 15.2 Å². The summed E-state index contributed by atoms with van der Waals surface area (Å²) in [7, 11) is 0. The molecule has 0 saturated carbocycles. The van der Waals surface area contributed by atoms with Crippen LogP contribution in [0, 0.1) is 0 Å². The van der Waals surface area contributed by atoms with Gasteiger partial charge in [-0.3, -0.25) is 4.79 Å². The van der Waals surface area contributed by atoms with Crippen LogP contribution in [0.25, 0.3) is 0 Å². The van der Waals surface area contributed by atoms with E-state index in [-0.39, 0.29) is 18.6 Å². The van der Waals surface area contributed by atoms with Crippen molar-refractivity contribution in [3.8, 4) is 5.88 Å². The number of aromatic nitrogens is 1. The minimum atomic E-state index is -0.259. The fourth-order valence-electron chi connectivity index (χ4n) is 1.24. The molecule has 6 nitrogen and oxygen atoms in total. The largest absolute Gasteiger partial charge is 0.473 e. The third-order valence-electron chi connectivity index (χ3n) is 1.89. The summed E-state index contributed by atoms with van der Waals surface area (Å²) in [5.41, 5.74) is 5.79. The monoisotopic (exact) mass is 253 g/mol. The fraction of sp³-hybridized carbons (Fsp3) is 0.500. The SMILES string of the molecule is CC(C)Oc1ncccc1NC(=O)COCCN. The number of carbonyl (C=O) groups is 1. The molecule has 0 unspecified atom stereocenters. The van der Waals surface area contributed by atoms with E-state index >= 15 is 0 Å². The minimum Gasteiger partial charge on any atom is -0.473 e. The summed E-state index contributed by atoms with van der Waals surface area (Å²) >= 11 is 0. The zero-order chi connectivity index (χ0) is 13.4. The Bertz CT molecular complexity index is 383. The molecule has 0 radical (unpaired) electrons. The van der Waals surface area contributed by atoms with Crippen LogP contribution in [0.2, 0.25) is 0 Å². The molecule has 0 atom stereocenters. The standard InChI is InChI=1S/C12H19N3O3/c1-9(2)18-12-10(4-3-6-14-12)15-11(16)8-17-7-5-13/h3-4,6,9H,5,7-8,13H2,1-2H3,(H,15,16). The summed E-state index contributed by atoms with van der Waals surface area (Å²) in [5.74, 6) is 0.143. The van der Waals surface area contributed by atoms with E-state index in [1.54, 1.807) is 18.3 Å². The molecule has 0 saturated heterocycles. The van der Waals surface area contributed by atoms with Crippen molar-refractivity contribution in [2.75, 3.05) is 25.1 Å². The Hall–Kier alpha value is -1.66. The van der Waals surface area contributed by atoms with Crippen molar-refractivity contribution in [1.82, 2.24) is 4.98 Å². The van der Waals surface area contributed by atoms with Crippen molar-refractivity contribution in [1.29, 1.82) is 0 Å². The van der Waals surface area contributed by atoms with Gasteiger partial charge in [-0.05, 0) is 26.0 Å². The molecule has 0 aliphatic heterocycles. The highest BCUT2D eigenvalue weighted by molar-refractivity contribution is 5.92. The highest BCUT2D eigenvalue weighted by Crippen LogP contribution is 2.21. The number of carbonyl (C=O) groups excluding carboxylic acids is 1. The molecule has 0 aliphatic carbocycles. The first-order valence-corrected chi connectivity index (χ1v) is 5.82. The molecule has 18 heavy (non-hydrogen) atoms. The van der Waals surface area contributed by atoms with E-state index < -0.39 is 0 Å². The summed E-state index contributed by atoms with van der Waals surface area (Å²) in [4.78, 5) is 15.6. The van der Waals surface area contributed by atoms with Gasteiger partial charge in [-0.2, -0.15) is 0 Å². The maximum atomic E-state index is 11.6. The lowest BCUT2D eigenvalue weighted by Crippen LogP contribution is -2.21. The number of nitrogens with zero attached hydrogens (tertiary/aromatic N) is 1. The van der Waals surface area contributed by atoms with Crippen LogP contribution in [-0.2, 0) is 9.53 Å². The lowest BCUT2D eigenvalue weighted by Gasteiger charge is -2.13. The maximum absolute atomic E-state index is 11.6. The second kappa shape index (κ2) is 7.62. The summed E-state index contributed by atoms with van der Waals surface area (Å²) < 4.78 is 10.5. The molecule has 6 heteroatoms. The summed E-state index contributed by atoms with van der Waals surface area (Å²) in [6.45, 7) is 4.50. The quantitative estimate of drug-likeness (QED) is 0.701. The van der Waals surface area contributed by atoms with Crippen LogP contribution < -0.4 is 15.8 Å². The van der Waals surface area contributed by atoms with Crippen LogP contribution in [0.4, 0.5) is 5.69 Å². The summed E-state index contributed by atoms with van der Waals surface area (Å²) in [6, 6.07) is 3.45. The fourth-order valence-corrected chi connectivity index (χ4v) is 1.24. The number of anilines is 1. The van der Waals surface area contributed by atoms with Gasteiger partial charge in [0.1, 0.15) is 12.3 Å². The van der Waals surface area contributed by atoms with Gasteiger partial charge in [0.05, 0.1) is 12.7 Å². The Morgan fingerprint density at radius 2 is 2.33 bits per heavy atom. The van der Waals surface area contributed by atoms with Crippen molar-refractivity contribution < 1.29 is 14.3 Å². The van der Waals surface area contributed by atoms with E-state index in [2.05, 4.69) is 10.3 Å². The predicted molar refractivity (Wildman–Crippen MR) is 68.5 cm³/mol. The van der Waals surface area contributed by atoms with Gasteiger partial charge in [-0.1, -0.05) is 0 Å². The summed E-state index contributed by atoms with van der Waals surface area (Å²) in [6.07, 6.45) is 1.60. The van der Waals surface area contributed by atoms with Gasteiger partial charge in [-0.25, -0.2) is 4.98 Å². The van der Waals surface area contributed by atoms with E-state index in [0.717, 1.165) is 0 Å². The zero-order valence-electron chi connectivity index (χ0n) is 10.7. The van der Waals surface area contributed by atoms with Crippen molar-refractivity contribution in [2.24, 2.45) is 5.73 Å². The minimum absolute atomic E-state index is 0.0101. The number of pyridine rings is 1. The van der Waals surface area contributed by atoms with E-state index in [1.807, 2.05) is 13.8 Å². The number of rotatable bonds is 7. The molecule has 1 aromatic rings. The molecule has 0 spiro atoms. The highest BCUT2D eigenvalue weighted by atomic mass is 16.5. The van der Waals surface area contributed by atoms with E-state index in [9.17, 15) is 4.79 Å². The first kappa shape index (κ1) is 14.4. The van der Waals surface area contributed by atoms with Gasteiger partial charge in [-0.15, -0.1) is 0 Å². The van der Waals surface area contributed by atoms with Crippen molar-refractivity contribution >= 4 is 11.6 Å². The second-order valence-corrected chi connectivity index (χ2v) is 3.91.